The highest BCUT2D eigenvalue weighted by Crippen LogP contribution is 2.28. The van der Waals surface area contributed by atoms with Crippen LogP contribution >= 0.6 is 0 Å². The van der Waals surface area contributed by atoms with E-state index >= 15 is 0 Å². The molecule has 1 fully saturated rings. The summed E-state index contributed by atoms with van der Waals surface area (Å²) in [5.74, 6) is 0.268. The Morgan fingerprint density at radius 1 is 1.31 bits per heavy atom. The van der Waals surface area contributed by atoms with Crippen molar-refractivity contribution in [2.75, 3.05) is 13.1 Å². The van der Waals surface area contributed by atoms with Crippen LogP contribution in [0.3, 0.4) is 0 Å². The van der Waals surface area contributed by atoms with E-state index in [0.717, 1.165) is 0 Å². The molecule has 1 atom stereocenters. The number of nitrogens with zero attached hydrogens (tertiary/aromatic N) is 4. The molecule has 0 bridgehead atoms. The summed E-state index contributed by atoms with van der Waals surface area (Å²) < 4.78 is 7.31. The van der Waals surface area contributed by atoms with Gasteiger partial charge in [0.15, 0.2) is 11.4 Å². The number of fused-ring (bicyclic) bond motifs is 1. The molecule has 0 aromatic carbocycles. The number of pyridine rings is 1. The second-order valence-electron chi connectivity index (χ2n) is 7.93. The highest BCUT2D eigenvalue weighted by molar-refractivity contribution is 6.08. The summed E-state index contributed by atoms with van der Waals surface area (Å²) in [6, 6.07) is 4.90. The molecule has 0 saturated carbocycles. The first kappa shape index (κ1) is 19.2. The standard InChI is InChI=1S/C21H25N5O3/c1-12(2)18-20(27)22-7-8-25(18)21(28)14-10-16(17-6-5-9-29-17)24-19-15(14)11-23-26(19)13(3)4/h5-6,9-13,18H,7-8H2,1-4H3,(H,22,27). The predicted molar refractivity (Wildman–Crippen MR) is 108 cm³/mol. The number of hydrogen-bond acceptors (Lipinski definition) is 5. The molecule has 3 aromatic heterocycles. The Bertz CT molecular complexity index is 1050. The maximum absolute atomic E-state index is 13.6. The van der Waals surface area contributed by atoms with Crippen LogP contribution < -0.4 is 5.32 Å². The summed E-state index contributed by atoms with van der Waals surface area (Å²) in [5, 5.41) is 7.98. The molecule has 1 saturated heterocycles. The van der Waals surface area contributed by atoms with E-state index in [-0.39, 0.29) is 23.8 Å². The van der Waals surface area contributed by atoms with Crippen LogP contribution in [0.2, 0.25) is 0 Å². The maximum Gasteiger partial charge on any atom is 0.255 e. The van der Waals surface area contributed by atoms with Crippen molar-refractivity contribution in [3.63, 3.8) is 0 Å². The molecule has 2 amide bonds. The molecule has 4 heterocycles. The smallest absolute Gasteiger partial charge is 0.255 e. The fourth-order valence-electron chi connectivity index (χ4n) is 3.85. The number of piperazine rings is 1. The first-order valence-corrected chi connectivity index (χ1v) is 9.89. The van der Waals surface area contributed by atoms with Crippen LogP contribution in [0, 0.1) is 5.92 Å². The minimum Gasteiger partial charge on any atom is -0.463 e. The van der Waals surface area contributed by atoms with E-state index in [9.17, 15) is 9.59 Å². The zero-order valence-electron chi connectivity index (χ0n) is 17.0. The molecule has 4 rings (SSSR count). The number of rotatable bonds is 4. The minimum absolute atomic E-state index is 0.000454. The first-order valence-electron chi connectivity index (χ1n) is 9.89. The lowest BCUT2D eigenvalue weighted by Gasteiger charge is -2.37. The molecular formula is C21H25N5O3. The van der Waals surface area contributed by atoms with Crippen LogP contribution in [-0.2, 0) is 4.79 Å². The average Bonchev–Trinajstić information content (AvgIpc) is 3.35. The average molecular weight is 395 g/mol. The van der Waals surface area contributed by atoms with Gasteiger partial charge in [-0.15, -0.1) is 0 Å². The van der Waals surface area contributed by atoms with Crippen molar-refractivity contribution in [3.05, 3.63) is 36.2 Å². The largest absolute Gasteiger partial charge is 0.463 e. The summed E-state index contributed by atoms with van der Waals surface area (Å²) in [6.45, 7) is 8.83. The lowest BCUT2D eigenvalue weighted by Crippen LogP contribution is -2.59. The molecule has 1 N–H and O–H groups in total. The third-order valence-electron chi connectivity index (χ3n) is 5.21. The quantitative estimate of drug-likeness (QED) is 0.733. The van der Waals surface area contributed by atoms with Gasteiger partial charge in [-0.25, -0.2) is 9.67 Å². The number of hydrogen-bond donors (Lipinski definition) is 1. The lowest BCUT2D eigenvalue weighted by atomic mass is 9.98. The number of nitrogens with one attached hydrogen (secondary N) is 1. The Morgan fingerprint density at radius 2 is 2.10 bits per heavy atom. The molecule has 0 spiro atoms. The Morgan fingerprint density at radius 3 is 2.76 bits per heavy atom. The summed E-state index contributed by atoms with van der Waals surface area (Å²) >= 11 is 0. The molecule has 0 aliphatic carbocycles. The second-order valence-corrected chi connectivity index (χ2v) is 7.93. The molecule has 1 aliphatic rings. The van der Waals surface area contributed by atoms with E-state index in [1.54, 1.807) is 34.2 Å². The van der Waals surface area contributed by atoms with Gasteiger partial charge in [-0.3, -0.25) is 9.59 Å². The van der Waals surface area contributed by atoms with Crippen LogP contribution in [0.15, 0.2) is 35.1 Å². The molecular weight excluding hydrogens is 370 g/mol. The Labute approximate surface area is 168 Å². The Kier molecular flexibility index (Phi) is 4.86. The van der Waals surface area contributed by atoms with Crippen LogP contribution in [0.1, 0.15) is 44.1 Å². The van der Waals surface area contributed by atoms with Crippen molar-refractivity contribution < 1.29 is 14.0 Å². The molecule has 1 aliphatic heterocycles. The van der Waals surface area contributed by atoms with Crippen LogP contribution in [0.4, 0.5) is 0 Å². The van der Waals surface area contributed by atoms with Gasteiger partial charge in [0.1, 0.15) is 11.7 Å². The molecule has 152 valence electrons. The molecule has 8 heteroatoms. The second kappa shape index (κ2) is 7.35. The fraction of sp³-hybridized carbons (Fsp3) is 0.429. The number of aromatic nitrogens is 3. The molecule has 29 heavy (non-hydrogen) atoms. The van der Waals surface area contributed by atoms with Crippen LogP contribution in [0.5, 0.6) is 0 Å². The molecule has 8 nitrogen and oxygen atoms in total. The normalized spacial score (nSPS) is 17.4. The van der Waals surface area contributed by atoms with E-state index < -0.39 is 6.04 Å². The van der Waals surface area contributed by atoms with Gasteiger partial charge in [-0.05, 0) is 38.0 Å². The highest BCUT2D eigenvalue weighted by Gasteiger charge is 2.36. The Hall–Kier alpha value is -3.16. The van der Waals surface area contributed by atoms with Crippen molar-refractivity contribution in [1.29, 1.82) is 0 Å². The first-order chi connectivity index (χ1) is 13.9. The lowest BCUT2D eigenvalue weighted by molar-refractivity contribution is -0.129. The van der Waals surface area contributed by atoms with Crippen molar-refractivity contribution in [2.45, 2.75) is 39.8 Å². The van der Waals surface area contributed by atoms with E-state index in [1.165, 1.54) is 0 Å². The van der Waals surface area contributed by atoms with Gasteiger partial charge in [0.05, 0.1) is 23.4 Å². The van der Waals surface area contributed by atoms with Crippen molar-refractivity contribution in [2.24, 2.45) is 5.92 Å². The van der Waals surface area contributed by atoms with Gasteiger partial charge in [-0.2, -0.15) is 5.10 Å². The number of furan rings is 1. The number of carbonyl (C=O) groups excluding carboxylic acids is 2. The Balaban J connectivity index is 1.88. The monoisotopic (exact) mass is 395 g/mol. The maximum atomic E-state index is 13.6. The van der Waals surface area contributed by atoms with Crippen molar-refractivity contribution in [3.8, 4) is 11.5 Å². The van der Waals surface area contributed by atoms with Gasteiger partial charge in [0.2, 0.25) is 5.91 Å². The zero-order valence-corrected chi connectivity index (χ0v) is 17.0. The van der Waals surface area contributed by atoms with Gasteiger partial charge < -0.3 is 14.6 Å². The minimum atomic E-state index is -0.508. The zero-order chi connectivity index (χ0) is 20.7. The van der Waals surface area contributed by atoms with E-state index in [2.05, 4.69) is 10.4 Å². The predicted octanol–water partition coefficient (Wildman–Crippen LogP) is 2.87. The van der Waals surface area contributed by atoms with Gasteiger partial charge in [-0.1, -0.05) is 13.8 Å². The highest BCUT2D eigenvalue weighted by atomic mass is 16.3. The number of carbonyl (C=O) groups is 2. The summed E-state index contributed by atoms with van der Waals surface area (Å²) in [6.07, 6.45) is 3.25. The van der Waals surface area contributed by atoms with Crippen molar-refractivity contribution in [1.82, 2.24) is 25.0 Å². The molecule has 3 aromatic rings. The van der Waals surface area contributed by atoms with E-state index in [4.69, 9.17) is 9.40 Å². The van der Waals surface area contributed by atoms with Crippen molar-refractivity contribution >= 4 is 22.8 Å². The molecule has 1 unspecified atom stereocenters. The molecule has 0 radical (unpaired) electrons. The van der Waals surface area contributed by atoms with E-state index in [0.29, 0.717) is 41.1 Å². The van der Waals surface area contributed by atoms with Crippen LogP contribution in [0.25, 0.3) is 22.5 Å². The SMILES string of the molecule is CC(C)C1C(=O)NCCN1C(=O)c1cc(-c2ccco2)nc2c1cnn2C(C)C. The van der Waals surface area contributed by atoms with Gasteiger partial charge in [0.25, 0.3) is 5.91 Å². The number of amides is 2. The summed E-state index contributed by atoms with van der Waals surface area (Å²) in [5.41, 5.74) is 1.67. The van der Waals surface area contributed by atoms with Gasteiger partial charge in [0, 0.05) is 19.1 Å². The third-order valence-corrected chi connectivity index (χ3v) is 5.21. The summed E-state index contributed by atoms with van der Waals surface area (Å²) in [4.78, 5) is 32.4. The van der Waals surface area contributed by atoms with Gasteiger partial charge >= 0.3 is 0 Å². The van der Waals surface area contributed by atoms with E-state index in [1.807, 2.05) is 33.8 Å². The fourth-order valence-corrected chi connectivity index (χ4v) is 3.85. The summed E-state index contributed by atoms with van der Waals surface area (Å²) in [7, 11) is 0. The third kappa shape index (κ3) is 3.28. The topological polar surface area (TPSA) is 93.3 Å². The van der Waals surface area contributed by atoms with Crippen LogP contribution in [-0.4, -0.2) is 50.6 Å².